The van der Waals surface area contributed by atoms with Gasteiger partial charge in [-0.3, -0.25) is 0 Å². The van der Waals surface area contributed by atoms with Crippen LogP contribution in [0.1, 0.15) is 34.6 Å². The summed E-state index contributed by atoms with van der Waals surface area (Å²) in [6.45, 7) is 10.7. The molecule has 0 rings (SSSR count). The summed E-state index contributed by atoms with van der Waals surface area (Å²) in [7, 11) is -3.25. The predicted octanol–water partition coefficient (Wildman–Crippen LogP) is 2.33. The number of rotatable bonds is 8. The van der Waals surface area contributed by atoms with Gasteiger partial charge in [-0.25, -0.2) is 8.42 Å². The fourth-order valence-corrected chi connectivity index (χ4v) is 4.02. The van der Waals surface area contributed by atoms with Crippen LogP contribution < -0.4 is 0 Å². The van der Waals surface area contributed by atoms with Crippen molar-refractivity contribution in [2.45, 2.75) is 40.7 Å². The van der Waals surface area contributed by atoms with Crippen molar-refractivity contribution in [1.29, 1.82) is 0 Å². The highest BCUT2D eigenvalue weighted by Gasteiger charge is 2.29. The zero-order chi connectivity index (χ0) is 14.4. The summed E-state index contributed by atoms with van der Waals surface area (Å²) < 4.78 is 31.3. The molecule has 0 aromatic heterocycles. The number of alkyl halides is 1. The molecule has 0 saturated heterocycles. The Labute approximate surface area is 117 Å². The Hall–Kier alpha value is 0.160. The van der Waals surface area contributed by atoms with Gasteiger partial charge in [0.1, 0.15) is 0 Å². The first-order valence-corrected chi connectivity index (χ1v) is 8.38. The molecule has 110 valence electrons. The molecule has 0 radical (unpaired) electrons. The number of hydrogen-bond donors (Lipinski definition) is 0. The number of halogens is 1. The predicted molar refractivity (Wildman–Crippen MR) is 76.6 cm³/mol. The number of sulfonamides is 1. The minimum Gasteiger partial charge on any atom is -0.379 e. The smallest absolute Gasteiger partial charge is 0.214 e. The Morgan fingerprint density at radius 3 is 2.17 bits per heavy atom. The largest absolute Gasteiger partial charge is 0.379 e. The highest BCUT2D eigenvalue weighted by atomic mass is 35.5. The topological polar surface area (TPSA) is 46.6 Å². The van der Waals surface area contributed by atoms with Gasteiger partial charge in [0.2, 0.25) is 10.0 Å². The third kappa shape index (κ3) is 7.56. The van der Waals surface area contributed by atoms with Crippen LogP contribution in [0.4, 0.5) is 0 Å². The van der Waals surface area contributed by atoms with Crippen molar-refractivity contribution in [3.8, 4) is 0 Å². The summed E-state index contributed by atoms with van der Waals surface area (Å²) in [6.07, 6.45) is 0. The molecule has 0 atom stereocenters. The second-order valence-electron chi connectivity index (χ2n) is 5.82. The highest BCUT2D eigenvalue weighted by Crippen LogP contribution is 2.20. The van der Waals surface area contributed by atoms with Crippen LogP contribution in [0.15, 0.2) is 0 Å². The van der Waals surface area contributed by atoms with E-state index in [1.807, 2.05) is 34.6 Å². The van der Waals surface area contributed by atoms with E-state index < -0.39 is 10.0 Å². The van der Waals surface area contributed by atoms with Gasteiger partial charge in [0.05, 0.1) is 19.0 Å². The molecule has 0 aliphatic carbocycles. The second-order valence-corrected chi connectivity index (χ2v) is 8.12. The van der Waals surface area contributed by atoms with Crippen LogP contribution in [0, 0.1) is 5.41 Å². The SMILES string of the molecule is CC(C)N(CCOCCCl)S(=O)(=O)CC(C)(C)C. The van der Waals surface area contributed by atoms with Crippen molar-refractivity contribution < 1.29 is 13.2 Å². The van der Waals surface area contributed by atoms with Crippen molar-refractivity contribution in [3.63, 3.8) is 0 Å². The summed E-state index contributed by atoms with van der Waals surface area (Å²) in [5, 5.41) is 0. The summed E-state index contributed by atoms with van der Waals surface area (Å²) in [6, 6.07) is -0.0584. The molecule has 0 heterocycles. The Bertz CT molecular complexity index is 323. The Morgan fingerprint density at radius 1 is 1.22 bits per heavy atom. The Morgan fingerprint density at radius 2 is 1.78 bits per heavy atom. The van der Waals surface area contributed by atoms with Gasteiger partial charge >= 0.3 is 0 Å². The summed E-state index contributed by atoms with van der Waals surface area (Å²) >= 11 is 5.50. The van der Waals surface area contributed by atoms with E-state index in [1.165, 1.54) is 4.31 Å². The first kappa shape index (κ1) is 18.2. The van der Waals surface area contributed by atoms with Gasteiger partial charge in [-0.2, -0.15) is 4.31 Å². The molecule has 6 heteroatoms. The van der Waals surface area contributed by atoms with Crippen LogP contribution in [-0.2, 0) is 14.8 Å². The van der Waals surface area contributed by atoms with Crippen LogP contribution in [0.2, 0.25) is 0 Å². The molecule has 0 fully saturated rings. The first-order chi connectivity index (χ1) is 8.10. The molecule has 0 saturated carbocycles. The van der Waals surface area contributed by atoms with Gasteiger partial charge in [0.25, 0.3) is 0 Å². The zero-order valence-electron chi connectivity index (χ0n) is 12.1. The lowest BCUT2D eigenvalue weighted by molar-refractivity contribution is 0.130. The van der Waals surface area contributed by atoms with Gasteiger partial charge in [-0.15, -0.1) is 11.6 Å². The van der Waals surface area contributed by atoms with Crippen LogP contribution in [0.5, 0.6) is 0 Å². The van der Waals surface area contributed by atoms with E-state index in [2.05, 4.69) is 0 Å². The van der Waals surface area contributed by atoms with E-state index >= 15 is 0 Å². The summed E-state index contributed by atoms with van der Waals surface area (Å²) in [5.74, 6) is 0.574. The molecular weight excluding hydrogens is 274 g/mol. The van der Waals surface area contributed by atoms with Gasteiger partial charge in [-0.05, 0) is 19.3 Å². The molecular formula is C12H26ClNO3S. The fraction of sp³-hybridized carbons (Fsp3) is 1.00. The van der Waals surface area contributed by atoms with Gasteiger partial charge in [0.15, 0.2) is 0 Å². The van der Waals surface area contributed by atoms with Crippen molar-refractivity contribution in [2.24, 2.45) is 5.41 Å². The summed E-state index contributed by atoms with van der Waals surface area (Å²) in [5.41, 5.74) is -0.247. The fourth-order valence-electron chi connectivity index (χ4n) is 1.66. The molecule has 0 aromatic carbocycles. The maximum Gasteiger partial charge on any atom is 0.214 e. The Balaban J connectivity index is 4.58. The van der Waals surface area contributed by atoms with Crippen molar-refractivity contribution in [1.82, 2.24) is 4.31 Å². The minimum atomic E-state index is -3.25. The van der Waals surface area contributed by atoms with Crippen LogP contribution >= 0.6 is 11.6 Å². The van der Waals surface area contributed by atoms with E-state index in [1.54, 1.807) is 0 Å². The minimum absolute atomic E-state index is 0.0584. The second kappa shape index (κ2) is 7.68. The standard InChI is InChI=1S/C12H26ClNO3S/c1-11(2)14(7-9-17-8-6-13)18(15,16)10-12(3,4)5/h11H,6-10H2,1-5H3. The van der Waals surface area contributed by atoms with Gasteiger partial charge in [-0.1, -0.05) is 20.8 Å². The van der Waals surface area contributed by atoms with E-state index in [0.29, 0.717) is 25.6 Å². The lowest BCUT2D eigenvalue weighted by Gasteiger charge is -2.29. The van der Waals surface area contributed by atoms with E-state index in [4.69, 9.17) is 16.3 Å². The van der Waals surface area contributed by atoms with E-state index in [-0.39, 0.29) is 17.2 Å². The molecule has 4 nitrogen and oxygen atoms in total. The molecule has 0 N–H and O–H groups in total. The lowest BCUT2D eigenvalue weighted by Crippen LogP contribution is -2.43. The molecule has 0 unspecified atom stereocenters. The number of ether oxygens (including phenoxy) is 1. The number of nitrogens with zero attached hydrogens (tertiary/aromatic N) is 1. The first-order valence-electron chi connectivity index (χ1n) is 6.23. The molecule has 0 aliphatic heterocycles. The third-order valence-electron chi connectivity index (χ3n) is 2.23. The molecule has 0 amide bonds. The molecule has 0 spiro atoms. The van der Waals surface area contributed by atoms with Gasteiger partial charge < -0.3 is 4.74 Å². The molecule has 0 bridgehead atoms. The summed E-state index contributed by atoms with van der Waals surface area (Å²) in [4.78, 5) is 0. The molecule has 18 heavy (non-hydrogen) atoms. The quantitative estimate of drug-likeness (QED) is 0.510. The van der Waals surface area contributed by atoms with Crippen molar-refractivity contribution in [3.05, 3.63) is 0 Å². The van der Waals surface area contributed by atoms with E-state index in [0.717, 1.165) is 0 Å². The molecule has 0 aliphatic rings. The maximum atomic E-state index is 12.3. The number of hydrogen-bond acceptors (Lipinski definition) is 3. The molecule has 0 aromatic rings. The normalized spacial score (nSPS) is 13.6. The average molecular weight is 300 g/mol. The van der Waals surface area contributed by atoms with Crippen LogP contribution in [0.25, 0.3) is 0 Å². The van der Waals surface area contributed by atoms with E-state index in [9.17, 15) is 8.42 Å². The zero-order valence-corrected chi connectivity index (χ0v) is 13.6. The van der Waals surface area contributed by atoms with Gasteiger partial charge in [0, 0.05) is 18.5 Å². The highest BCUT2D eigenvalue weighted by molar-refractivity contribution is 7.89. The van der Waals surface area contributed by atoms with Crippen LogP contribution in [-0.4, -0.2) is 50.2 Å². The monoisotopic (exact) mass is 299 g/mol. The third-order valence-corrected chi connectivity index (χ3v) is 4.93. The Kier molecular flexibility index (Phi) is 7.75. The maximum absolute atomic E-state index is 12.3. The average Bonchev–Trinajstić information content (AvgIpc) is 2.12. The van der Waals surface area contributed by atoms with Crippen molar-refractivity contribution >= 4 is 21.6 Å². The van der Waals surface area contributed by atoms with Crippen molar-refractivity contribution in [2.75, 3.05) is 31.4 Å². The lowest BCUT2D eigenvalue weighted by atomic mass is 10.0. The van der Waals surface area contributed by atoms with Crippen LogP contribution in [0.3, 0.4) is 0 Å².